The SMILES string of the molecule is Fc1c(Cl)cccc1C(Cl)c1ccc2c(c1)OCCCO2. The Bertz CT molecular complexity index is 661. The van der Waals surface area contributed by atoms with Crippen molar-refractivity contribution in [1.29, 1.82) is 0 Å². The van der Waals surface area contributed by atoms with E-state index in [9.17, 15) is 4.39 Å². The number of hydrogen-bond donors (Lipinski definition) is 0. The van der Waals surface area contributed by atoms with Crippen molar-refractivity contribution in [2.45, 2.75) is 11.8 Å². The molecule has 0 aromatic heterocycles. The molecule has 1 aliphatic heterocycles. The van der Waals surface area contributed by atoms with Crippen molar-refractivity contribution in [2.75, 3.05) is 13.2 Å². The van der Waals surface area contributed by atoms with Crippen LogP contribution in [0.4, 0.5) is 4.39 Å². The van der Waals surface area contributed by atoms with E-state index in [1.807, 2.05) is 6.07 Å². The molecule has 3 rings (SSSR count). The van der Waals surface area contributed by atoms with E-state index >= 15 is 0 Å². The van der Waals surface area contributed by atoms with Gasteiger partial charge in [0.2, 0.25) is 0 Å². The fraction of sp³-hybridized carbons (Fsp3) is 0.250. The van der Waals surface area contributed by atoms with Gasteiger partial charge in [0, 0.05) is 12.0 Å². The normalized spacial score (nSPS) is 15.4. The standard InChI is InChI=1S/C16H13Cl2FO2/c17-12-4-1-3-11(16(12)19)15(18)10-5-6-13-14(9-10)21-8-2-7-20-13/h1,3-6,9,15H,2,7-8H2. The van der Waals surface area contributed by atoms with Crippen LogP contribution in [-0.2, 0) is 0 Å². The fourth-order valence-electron chi connectivity index (χ4n) is 2.23. The Morgan fingerprint density at radius 2 is 1.81 bits per heavy atom. The van der Waals surface area contributed by atoms with Crippen LogP contribution in [-0.4, -0.2) is 13.2 Å². The Morgan fingerprint density at radius 3 is 2.62 bits per heavy atom. The van der Waals surface area contributed by atoms with E-state index in [1.165, 1.54) is 6.07 Å². The van der Waals surface area contributed by atoms with E-state index in [1.54, 1.807) is 24.3 Å². The van der Waals surface area contributed by atoms with Crippen molar-refractivity contribution in [3.8, 4) is 11.5 Å². The maximum Gasteiger partial charge on any atom is 0.161 e. The first-order valence-corrected chi connectivity index (χ1v) is 7.46. The first kappa shape index (κ1) is 14.5. The zero-order valence-electron chi connectivity index (χ0n) is 11.1. The van der Waals surface area contributed by atoms with Crippen molar-refractivity contribution in [3.63, 3.8) is 0 Å². The molecule has 0 bridgehead atoms. The molecule has 0 spiro atoms. The molecule has 5 heteroatoms. The predicted octanol–water partition coefficient (Wildman–Crippen LogP) is 4.97. The Kier molecular flexibility index (Phi) is 4.22. The van der Waals surface area contributed by atoms with Gasteiger partial charge in [-0.15, -0.1) is 11.6 Å². The lowest BCUT2D eigenvalue weighted by Crippen LogP contribution is -1.99. The number of alkyl halides is 1. The summed E-state index contributed by atoms with van der Waals surface area (Å²) in [6.45, 7) is 1.22. The summed E-state index contributed by atoms with van der Waals surface area (Å²) in [6, 6.07) is 10.2. The molecule has 2 aromatic carbocycles. The molecule has 0 radical (unpaired) electrons. The molecule has 21 heavy (non-hydrogen) atoms. The summed E-state index contributed by atoms with van der Waals surface area (Å²) in [5.74, 6) is 0.830. The summed E-state index contributed by atoms with van der Waals surface area (Å²) in [5, 5.41) is -0.576. The van der Waals surface area contributed by atoms with E-state index in [2.05, 4.69) is 0 Å². The van der Waals surface area contributed by atoms with Crippen LogP contribution in [0, 0.1) is 5.82 Å². The van der Waals surface area contributed by atoms with Crippen LogP contribution >= 0.6 is 23.2 Å². The molecule has 0 fully saturated rings. The number of fused-ring (bicyclic) bond motifs is 1. The van der Waals surface area contributed by atoms with Crippen LogP contribution < -0.4 is 9.47 Å². The third kappa shape index (κ3) is 2.94. The van der Waals surface area contributed by atoms with E-state index in [-0.39, 0.29) is 5.02 Å². The monoisotopic (exact) mass is 326 g/mol. The number of rotatable bonds is 2. The lowest BCUT2D eigenvalue weighted by atomic mass is 10.0. The van der Waals surface area contributed by atoms with E-state index < -0.39 is 11.2 Å². The summed E-state index contributed by atoms with van der Waals surface area (Å²) in [6.07, 6.45) is 0.831. The molecule has 1 unspecified atom stereocenters. The predicted molar refractivity (Wildman–Crippen MR) is 81.2 cm³/mol. The largest absolute Gasteiger partial charge is 0.490 e. The van der Waals surface area contributed by atoms with Crippen LogP contribution in [0.3, 0.4) is 0 Å². The van der Waals surface area contributed by atoms with Crippen molar-refractivity contribution in [1.82, 2.24) is 0 Å². The average Bonchev–Trinajstić information content (AvgIpc) is 2.74. The van der Waals surface area contributed by atoms with Crippen molar-refractivity contribution in [2.24, 2.45) is 0 Å². The van der Waals surface area contributed by atoms with Gasteiger partial charge in [0.05, 0.1) is 23.6 Å². The quantitative estimate of drug-likeness (QED) is 0.725. The molecule has 2 aromatic rings. The van der Waals surface area contributed by atoms with Crippen LogP contribution in [0.2, 0.25) is 5.02 Å². The third-order valence-corrected chi connectivity index (χ3v) is 4.10. The summed E-state index contributed by atoms with van der Waals surface area (Å²) >= 11 is 12.2. The highest BCUT2D eigenvalue weighted by molar-refractivity contribution is 6.31. The highest BCUT2D eigenvalue weighted by Crippen LogP contribution is 2.38. The topological polar surface area (TPSA) is 18.5 Å². The maximum atomic E-state index is 14.1. The van der Waals surface area contributed by atoms with Gasteiger partial charge in [-0.05, 0) is 23.8 Å². The second kappa shape index (κ2) is 6.12. The zero-order chi connectivity index (χ0) is 14.8. The van der Waals surface area contributed by atoms with Crippen LogP contribution in [0.25, 0.3) is 0 Å². The third-order valence-electron chi connectivity index (χ3n) is 3.32. The molecule has 1 atom stereocenters. The molecular weight excluding hydrogens is 314 g/mol. The molecule has 0 saturated heterocycles. The van der Waals surface area contributed by atoms with Crippen molar-refractivity contribution >= 4 is 23.2 Å². The number of ether oxygens (including phenoxy) is 2. The highest BCUT2D eigenvalue weighted by atomic mass is 35.5. The number of benzene rings is 2. The molecule has 0 aliphatic carbocycles. The Labute approximate surface area is 132 Å². The van der Waals surface area contributed by atoms with Gasteiger partial charge in [0.1, 0.15) is 5.82 Å². The smallest absolute Gasteiger partial charge is 0.161 e. The van der Waals surface area contributed by atoms with Crippen molar-refractivity contribution < 1.29 is 13.9 Å². The van der Waals surface area contributed by atoms with E-state index in [4.69, 9.17) is 32.7 Å². The Hall–Kier alpha value is -1.45. The van der Waals surface area contributed by atoms with Gasteiger partial charge in [-0.2, -0.15) is 0 Å². The Morgan fingerprint density at radius 1 is 1.05 bits per heavy atom. The molecule has 0 N–H and O–H groups in total. The molecule has 1 heterocycles. The summed E-state index contributed by atoms with van der Waals surface area (Å²) in [5.41, 5.74) is 1.08. The van der Waals surface area contributed by atoms with Gasteiger partial charge in [-0.3, -0.25) is 0 Å². The maximum absolute atomic E-state index is 14.1. The molecule has 110 valence electrons. The summed E-state index contributed by atoms with van der Waals surface area (Å²) < 4.78 is 25.3. The van der Waals surface area contributed by atoms with E-state index in [0.717, 1.165) is 12.0 Å². The number of halogens is 3. The lowest BCUT2D eigenvalue weighted by molar-refractivity contribution is 0.297. The van der Waals surface area contributed by atoms with Gasteiger partial charge >= 0.3 is 0 Å². The second-order valence-corrected chi connectivity index (χ2v) is 5.61. The molecular formula is C16H13Cl2FO2. The van der Waals surface area contributed by atoms with Gasteiger partial charge < -0.3 is 9.47 Å². The highest BCUT2D eigenvalue weighted by Gasteiger charge is 2.19. The minimum Gasteiger partial charge on any atom is -0.490 e. The first-order chi connectivity index (χ1) is 10.2. The van der Waals surface area contributed by atoms with Crippen molar-refractivity contribution in [3.05, 3.63) is 58.4 Å². The van der Waals surface area contributed by atoms with Gasteiger partial charge in [-0.1, -0.05) is 29.8 Å². The van der Waals surface area contributed by atoms with Gasteiger partial charge in [-0.25, -0.2) is 4.39 Å². The molecule has 0 saturated carbocycles. The van der Waals surface area contributed by atoms with Crippen LogP contribution in [0.1, 0.15) is 22.9 Å². The lowest BCUT2D eigenvalue weighted by Gasteiger charge is -2.14. The second-order valence-electron chi connectivity index (χ2n) is 4.76. The molecule has 0 amide bonds. The fourth-order valence-corrected chi connectivity index (χ4v) is 2.72. The van der Waals surface area contributed by atoms with Gasteiger partial charge in [0.15, 0.2) is 11.5 Å². The minimum atomic E-state index is -0.638. The summed E-state index contributed by atoms with van der Waals surface area (Å²) in [7, 11) is 0. The first-order valence-electron chi connectivity index (χ1n) is 6.64. The average molecular weight is 327 g/mol. The van der Waals surface area contributed by atoms with Gasteiger partial charge in [0.25, 0.3) is 0 Å². The molecule has 2 nitrogen and oxygen atoms in total. The van der Waals surface area contributed by atoms with Crippen LogP contribution in [0.15, 0.2) is 36.4 Å². The number of hydrogen-bond acceptors (Lipinski definition) is 2. The summed E-state index contributed by atoms with van der Waals surface area (Å²) in [4.78, 5) is 0. The minimum absolute atomic E-state index is 0.0625. The van der Waals surface area contributed by atoms with E-state index in [0.29, 0.717) is 30.3 Å². The zero-order valence-corrected chi connectivity index (χ0v) is 12.6. The van der Waals surface area contributed by atoms with Crippen LogP contribution in [0.5, 0.6) is 11.5 Å². The Balaban J connectivity index is 1.96. The molecule has 1 aliphatic rings.